The van der Waals surface area contributed by atoms with Crippen LogP contribution >= 0.6 is 0 Å². The van der Waals surface area contributed by atoms with Gasteiger partial charge in [0.1, 0.15) is 9.68 Å². The molecular formula is C13H29NSi. The minimum Gasteiger partial charge on any atom is -0.325 e. The lowest BCUT2D eigenvalue weighted by atomic mass is 10.2. The van der Waals surface area contributed by atoms with Crippen molar-refractivity contribution in [2.24, 2.45) is 0 Å². The van der Waals surface area contributed by atoms with Gasteiger partial charge in [-0.2, -0.15) is 0 Å². The summed E-state index contributed by atoms with van der Waals surface area (Å²) in [6.07, 6.45) is 10.4. The zero-order valence-electron chi connectivity index (χ0n) is 11.0. The van der Waals surface area contributed by atoms with Crippen molar-refractivity contribution in [3.8, 4) is 0 Å². The number of rotatable bonds is 10. The zero-order chi connectivity index (χ0) is 11.4. The van der Waals surface area contributed by atoms with Crippen molar-refractivity contribution in [2.45, 2.75) is 59.3 Å². The maximum absolute atomic E-state index is 2.70. The van der Waals surface area contributed by atoms with E-state index >= 15 is 0 Å². The van der Waals surface area contributed by atoms with Crippen molar-refractivity contribution < 1.29 is 0 Å². The van der Waals surface area contributed by atoms with Gasteiger partial charge in [0.15, 0.2) is 0 Å². The van der Waals surface area contributed by atoms with Gasteiger partial charge in [0, 0.05) is 0 Å². The van der Waals surface area contributed by atoms with Gasteiger partial charge in [0.2, 0.25) is 0 Å². The molecule has 0 aromatic rings. The molecule has 0 N–H and O–H groups in total. The molecule has 0 saturated heterocycles. The van der Waals surface area contributed by atoms with Gasteiger partial charge in [-0.05, 0) is 32.4 Å². The summed E-state index contributed by atoms with van der Waals surface area (Å²) in [5.41, 5.74) is 2.49. The molecule has 0 rings (SSSR count). The maximum Gasteiger partial charge on any atom is 0.119 e. The average Bonchev–Trinajstić information content (AvgIpc) is 2.25. The highest BCUT2D eigenvalue weighted by atomic mass is 28.2. The first-order valence-corrected chi connectivity index (χ1v) is 8.17. The van der Waals surface area contributed by atoms with Gasteiger partial charge in [0.05, 0.1) is 0 Å². The van der Waals surface area contributed by atoms with Crippen LogP contribution in [0.4, 0.5) is 0 Å². The van der Waals surface area contributed by atoms with E-state index in [1.807, 2.05) is 0 Å². The molecule has 0 aromatic heterocycles. The van der Waals surface area contributed by atoms with Gasteiger partial charge in [0.25, 0.3) is 0 Å². The molecule has 15 heavy (non-hydrogen) atoms. The summed E-state index contributed by atoms with van der Waals surface area (Å²) in [4.78, 5) is 0. The van der Waals surface area contributed by atoms with Gasteiger partial charge in [-0.3, -0.25) is 0 Å². The van der Waals surface area contributed by atoms with Gasteiger partial charge >= 0.3 is 0 Å². The van der Waals surface area contributed by atoms with Crippen LogP contribution in [0.25, 0.3) is 0 Å². The number of allylic oxidation sites excluding steroid dienone is 1. The van der Waals surface area contributed by atoms with Crippen LogP contribution in [0.1, 0.15) is 59.3 Å². The van der Waals surface area contributed by atoms with Crippen molar-refractivity contribution in [1.29, 1.82) is 0 Å². The topological polar surface area (TPSA) is 3.24 Å². The minimum absolute atomic E-state index is 0.0812. The molecule has 0 aliphatic carbocycles. The Labute approximate surface area is 98.8 Å². The second-order valence-electron chi connectivity index (χ2n) is 4.27. The fraction of sp³-hybridized carbons (Fsp3) is 0.846. The highest BCUT2D eigenvalue weighted by Gasteiger charge is 1.99. The third-order valence-corrected chi connectivity index (χ3v) is 4.32. The van der Waals surface area contributed by atoms with Crippen LogP contribution in [0.3, 0.4) is 0 Å². The van der Waals surface area contributed by atoms with Crippen LogP contribution in [-0.2, 0) is 0 Å². The Kier molecular flexibility index (Phi) is 11.9. The molecule has 0 amide bonds. The highest BCUT2D eigenvalue weighted by Crippen LogP contribution is 1.98. The molecule has 0 radical (unpaired) electrons. The molecular weight excluding hydrogens is 198 g/mol. The molecule has 0 aliphatic rings. The largest absolute Gasteiger partial charge is 0.325 e. The summed E-state index contributed by atoms with van der Waals surface area (Å²) in [6, 6.07) is 0. The SMILES string of the molecule is CCCCC=C[SiH2]N(CCC)CCCC. The van der Waals surface area contributed by atoms with E-state index < -0.39 is 0 Å². The lowest BCUT2D eigenvalue weighted by Gasteiger charge is -2.19. The number of hydrogen-bond donors (Lipinski definition) is 0. The van der Waals surface area contributed by atoms with E-state index in [1.165, 1.54) is 51.6 Å². The van der Waals surface area contributed by atoms with Crippen LogP contribution < -0.4 is 0 Å². The number of unbranched alkanes of at least 4 members (excludes halogenated alkanes) is 3. The Bertz CT molecular complexity index is 145. The molecule has 0 saturated carbocycles. The fourth-order valence-corrected chi connectivity index (χ4v) is 3.24. The van der Waals surface area contributed by atoms with Gasteiger partial charge in [-0.15, -0.1) is 0 Å². The second kappa shape index (κ2) is 12.0. The molecule has 0 atom stereocenters. The predicted molar refractivity (Wildman–Crippen MR) is 74.0 cm³/mol. The van der Waals surface area contributed by atoms with Crippen LogP contribution in [0.2, 0.25) is 0 Å². The summed E-state index contributed by atoms with van der Waals surface area (Å²) in [7, 11) is -0.0812. The van der Waals surface area contributed by atoms with Crippen molar-refractivity contribution >= 4 is 9.68 Å². The van der Waals surface area contributed by atoms with Crippen molar-refractivity contribution in [2.75, 3.05) is 13.1 Å². The predicted octanol–water partition coefficient (Wildman–Crippen LogP) is 3.29. The first kappa shape index (κ1) is 14.9. The van der Waals surface area contributed by atoms with Crippen LogP contribution in [0.5, 0.6) is 0 Å². The summed E-state index contributed by atoms with van der Waals surface area (Å²) in [6.45, 7) is 9.46. The van der Waals surface area contributed by atoms with E-state index in [1.54, 1.807) is 0 Å². The molecule has 0 aromatic carbocycles. The molecule has 1 nitrogen and oxygen atoms in total. The van der Waals surface area contributed by atoms with E-state index in [0.29, 0.717) is 0 Å². The summed E-state index contributed by atoms with van der Waals surface area (Å²) in [5, 5.41) is 0. The third kappa shape index (κ3) is 10.2. The Morgan fingerprint density at radius 2 is 1.67 bits per heavy atom. The van der Waals surface area contributed by atoms with E-state index in [-0.39, 0.29) is 9.68 Å². The lowest BCUT2D eigenvalue weighted by molar-refractivity contribution is 0.433. The molecule has 0 fully saturated rings. The first-order chi connectivity index (χ1) is 7.35. The summed E-state index contributed by atoms with van der Waals surface area (Å²) in [5.74, 6) is 0. The Morgan fingerprint density at radius 1 is 0.933 bits per heavy atom. The zero-order valence-corrected chi connectivity index (χ0v) is 12.4. The summed E-state index contributed by atoms with van der Waals surface area (Å²) < 4.78 is 2.70. The van der Waals surface area contributed by atoms with Gasteiger partial charge < -0.3 is 4.57 Å². The number of hydrogen-bond acceptors (Lipinski definition) is 1. The smallest absolute Gasteiger partial charge is 0.119 e. The molecule has 0 bridgehead atoms. The molecule has 0 unspecified atom stereocenters. The molecule has 2 heteroatoms. The monoisotopic (exact) mass is 227 g/mol. The van der Waals surface area contributed by atoms with Crippen molar-refractivity contribution in [1.82, 2.24) is 4.57 Å². The standard InChI is InChI=1S/C13H29NSi/c1-4-7-9-10-13-15-14(11-6-3)12-8-5-2/h10,13H,4-9,11-12,15H2,1-3H3. The average molecular weight is 227 g/mol. The Hall–Kier alpha value is -0.0831. The fourth-order valence-electron chi connectivity index (χ4n) is 1.66. The molecule has 90 valence electrons. The number of nitrogens with zero attached hydrogens (tertiary/aromatic N) is 1. The third-order valence-electron chi connectivity index (χ3n) is 2.62. The molecule has 0 aliphatic heterocycles. The van der Waals surface area contributed by atoms with E-state index in [9.17, 15) is 0 Å². The minimum atomic E-state index is -0.0812. The van der Waals surface area contributed by atoms with Gasteiger partial charge in [-0.25, -0.2) is 0 Å². The quantitative estimate of drug-likeness (QED) is 0.409. The summed E-state index contributed by atoms with van der Waals surface area (Å²) >= 11 is 0. The molecule has 0 spiro atoms. The van der Waals surface area contributed by atoms with Crippen molar-refractivity contribution in [3.63, 3.8) is 0 Å². The van der Waals surface area contributed by atoms with E-state index in [2.05, 4.69) is 37.1 Å². The molecule has 0 heterocycles. The van der Waals surface area contributed by atoms with Crippen LogP contribution in [-0.4, -0.2) is 27.3 Å². The van der Waals surface area contributed by atoms with Crippen LogP contribution in [0.15, 0.2) is 11.8 Å². The second-order valence-corrected chi connectivity index (χ2v) is 6.00. The van der Waals surface area contributed by atoms with E-state index in [0.717, 1.165) is 0 Å². The lowest BCUT2D eigenvalue weighted by Crippen LogP contribution is -2.28. The Balaban J connectivity index is 3.59. The Morgan fingerprint density at radius 3 is 2.27 bits per heavy atom. The van der Waals surface area contributed by atoms with E-state index in [4.69, 9.17) is 0 Å². The van der Waals surface area contributed by atoms with Gasteiger partial charge in [-0.1, -0.05) is 51.8 Å². The highest BCUT2D eigenvalue weighted by molar-refractivity contribution is 6.38. The normalized spacial score (nSPS) is 12.5. The maximum atomic E-state index is 2.70. The van der Waals surface area contributed by atoms with Crippen molar-refractivity contribution in [3.05, 3.63) is 11.8 Å². The van der Waals surface area contributed by atoms with Crippen LogP contribution in [0, 0.1) is 0 Å². The first-order valence-electron chi connectivity index (χ1n) is 6.72.